The molecule has 1 aromatic carbocycles. The van der Waals surface area contributed by atoms with Crippen LogP contribution in [0.2, 0.25) is 0 Å². The van der Waals surface area contributed by atoms with Crippen molar-refractivity contribution in [3.8, 4) is 5.75 Å². The zero-order valence-corrected chi connectivity index (χ0v) is 16.1. The van der Waals surface area contributed by atoms with Crippen molar-refractivity contribution in [3.05, 3.63) is 29.8 Å². The van der Waals surface area contributed by atoms with Crippen LogP contribution in [0.3, 0.4) is 0 Å². The number of nitrogens with zero attached hydrogens (tertiary/aromatic N) is 2. The summed E-state index contributed by atoms with van der Waals surface area (Å²) in [6.07, 6.45) is 4.51. The molecular formula is C20H34N4O. The summed E-state index contributed by atoms with van der Waals surface area (Å²) in [7, 11) is 1.72. The molecule has 140 valence electrons. The zero-order chi connectivity index (χ0) is 17.9. The van der Waals surface area contributed by atoms with Crippen LogP contribution in [-0.4, -0.2) is 56.7 Å². The van der Waals surface area contributed by atoms with Crippen LogP contribution in [0.15, 0.2) is 29.3 Å². The summed E-state index contributed by atoms with van der Waals surface area (Å²) in [5.41, 5.74) is 1.21. The number of para-hydroxylation sites is 1. The Morgan fingerprint density at radius 1 is 1.24 bits per heavy atom. The van der Waals surface area contributed by atoms with Crippen LogP contribution in [-0.2, 0) is 6.42 Å². The predicted octanol–water partition coefficient (Wildman–Crippen LogP) is 2.67. The number of nitrogens with one attached hydrogen (secondary N) is 2. The van der Waals surface area contributed by atoms with Gasteiger partial charge in [0.25, 0.3) is 0 Å². The zero-order valence-electron chi connectivity index (χ0n) is 16.1. The fraction of sp³-hybridized carbons (Fsp3) is 0.650. The summed E-state index contributed by atoms with van der Waals surface area (Å²) in [6, 6.07) is 8.69. The van der Waals surface area contributed by atoms with E-state index in [4.69, 9.17) is 9.73 Å². The summed E-state index contributed by atoms with van der Waals surface area (Å²) in [5.74, 6) is 1.88. The van der Waals surface area contributed by atoms with Crippen molar-refractivity contribution in [2.45, 2.75) is 45.6 Å². The van der Waals surface area contributed by atoms with Crippen molar-refractivity contribution in [3.63, 3.8) is 0 Å². The lowest BCUT2D eigenvalue weighted by atomic mass is 10.1. The fourth-order valence-corrected chi connectivity index (χ4v) is 3.33. The second kappa shape index (κ2) is 11.0. The molecular weight excluding hydrogens is 312 g/mol. The van der Waals surface area contributed by atoms with E-state index in [1.807, 2.05) is 12.1 Å². The minimum Gasteiger partial charge on any atom is -0.496 e. The summed E-state index contributed by atoms with van der Waals surface area (Å²) >= 11 is 0. The second-order valence-corrected chi connectivity index (χ2v) is 6.58. The number of rotatable bonds is 8. The van der Waals surface area contributed by atoms with E-state index in [9.17, 15) is 0 Å². The van der Waals surface area contributed by atoms with Gasteiger partial charge in [-0.3, -0.25) is 4.99 Å². The van der Waals surface area contributed by atoms with Gasteiger partial charge in [-0.15, -0.1) is 0 Å². The number of guanidine groups is 1. The van der Waals surface area contributed by atoms with E-state index in [2.05, 4.69) is 41.5 Å². The van der Waals surface area contributed by atoms with Crippen molar-refractivity contribution < 1.29 is 4.74 Å². The lowest BCUT2D eigenvalue weighted by molar-refractivity contribution is 0.206. The molecule has 0 unspecified atom stereocenters. The van der Waals surface area contributed by atoms with Crippen molar-refractivity contribution in [1.29, 1.82) is 0 Å². The van der Waals surface area contributed by atoms with E-state index in [0.29, 0.717) is 6.04 Å². The Kier molecular flexibility index (Phi) is 8.60. The van der Waals surface area contributed by atoms with E-state index >= 15 is 0 Å². The SMILES string of the molecule is CCCN1CCC(NC(=NCCc2ccccc2OC)NCC)CC1. The third-order valence-electron chi connectivity index (χ3n) is 4.66. The molecule has 5 nitrogen and oxygen atoms in total. The molecule has 25 heavy (non-hydrogen) atoms. The van der Waals surface area contributed by atoms with Crippen molar-refractivity contribution in [2.24, 2.45) is 4.99 Å². The maximum atomic E-state index is 5.42. The number of benzene rings is 1. The van der Waals surface area contributed by atoms with Crippen LogP contribution in [0.5, 0.6) is 5.75 Å². The number of ether oxygens (including phenoxy) is 1. The average Bonchev–Trinajstić information content (AvgIpc) is 2.64. The Morgan fingerprint density at radius 3 is 2.68 bits per heavy atom. The molecule has 1 saturated heterocycles. The molecule has 1 aliphatic rings. The molecule has 1 aliphatic heterocycles. The van der Waals surface area contributed by atoms with Gasteiger partial charge in [0.2, 0.25) is 0 Å². The van der Waals surface area contributed by atoms with Gasteiger partial charge in [0.05, 0.1) is 7.11 Å². The number of piperidine rings is 1. The van der Waals surface area contributed by atoms with Crippen LogP contribution >= 0.6 is 0 Å². The summed E-state index contributed by atoms with van der Waals surface area (Å²) < 4.78 is 5.42. The monoisotopic (exact) mass is 346 g/mol. The molecule has 0 aliphatic carbocycles. The largest absolute Gasteiger partial charge is 0.496 e. The fourth-order valence-electron chi connectivity index (χ4n) is 3.33. The molecule has 2 N–H and O–H groups in total. The van der Waals surface area contributed by atoms with E-state index < -0.39 is 0 Å². The molecule has 2 rings (SSSR count). The van der Waals surface area contributed by atoms with Crippen LogP contribution in [0.1, 0.15) is 38.7 Å². The normalized spacial score (nSPS) is 16.7. The Morgan fingerprint density at radius 2 is 2.00 bits per heavy atom. The average molecular weight is 347 g/mol. The molecule has 1 fully saturated rings. The quantitative estimate of drug-likeness (QED) is 0.561. The Labute approximate surface area is 152 Å². The van der Waals surface area contributed by atoms with Crippen LogP contribution in [0.25, 0.3) is 0 Å². The summed E-state index contributed by atoms with van der Waals surface area (Å²) in [6.45, 7) is 9.60. The Bertz CT molecular complexity index is 524. The maximum Gasteiger partial charge on any atom is 0.191 e. The molecule has 0 bridgehead atoms. The lowest BCUT2D eigenvalue weighted by Gasteiger charge is -2.32. The van der Waals surface area contributed by atoms with Gasteiger partial charge in [0, 0.05) is 32.2 Å². The van der Waals surface area contributed by atoms with Gasteiger partial charge in [-0.2, -0.15) is 0 Å². The van der Waals surface area contributed by atoms with E-state index in [0.717, 1.165) is 31.2 Å². The highest BCUT2D eigenvalue weighted by atomic mass is 16.5. The Balaban J connectivity index is 1.84. The van der Waals surface area contributed by atoms with Crippen molar-refractivity contribution in [2.75, 3.05) is 39.8 Å². The number of likely N-dealkylation sites (tertiary alicyclic amines) is 1. The van der Waals surface area contributed by atoms with Crippen LogP contribution < -0.4 is 15.4 Å². The first-order chi connectivity index (χ1) is 12.3. The summed E-state index contributed by atoms with van der Waals surface area (Å²) in [5, 5.41) is 6.99. The van der Waals surface area contributed by atoms with Gasteiger partial charge < -0.3 is 20.3 Å². The Hall–Kier alpha value is -1.75. The van der Waals surface area contributed by atoms with Gasteiger partial charge in [-0.25, -0.2) is 0 Å². The van der Waals surface area contributed by atoms with Gasteiger partial charge in [-0.1, -0.05) is 25.1 Å². The second-order valence-electron chi connectivity index (χ2n) is 6.58. The molecule has 0 saturated carbocycles. The van der Waals surface area contributed by atoms with Crippen LogP contribution in [0.4, 0.5) is 0 Å². The van der Waals surface area contributed by atoms with E-state index in [1.54, 1.807) is 7.11 Å². The number of hydrogen-bond acceptors (Lipinski definition) is 3. The third kappa shape index (κ3) is 6.58. The molecule has 0 radical (unpaired) electrons. The molecule has 1 heterocycles. The molecule has 1 aromatic rings. The van der Waals surface area contributed by atoms with E-state index in [-0.39, 0.29) is 0 Å². The lowest BCUT2D eigenvalue weighted by Crippen LogP contribution is -2.48. The highest BCUT2D eigenvalue weighted by molar-refractivity contribution is 5.80. The van der Waals surface area contributed by atoms with Crippen molar-refractivity contribution >= 4 is 5.96 Å². The maximum absolute atomic E-state index is 5.42. The first-order valence-electron chi connectivity index (χ1n) is 9.65. The predicted molar refractivity (Wildman–Crippen MR) is 106 cm³/mol. The minimum absolute atomic E-state index is 0.525. The highest BCUT2D eigenvalue weighted by Crippen LogP contribution is 2.17. The minimum atomic E-state index is 0.525. The van der Waals surface area contributed by atoms with E-state index in [1.165, 1.54) is 44.5 Å². The first kappa shape index (κ1) is 19.6. The van der Waals surface area contributed by atoms with Gasteiger partial charge in [0.1, 0.15) is 5.75 Å². The third-order valence-corrected chi connectivity index (χ3v) is 4.66. The standard InChI is InChI=1S/C20H34N4O/c1-4-14-24-15-11-18(12-16-24)23-20(21-5-2)22-13-10-17-8-6-7-9-19(17)25-3/h6-9,18H,4-5,10-16H2,1-3H3,(H2,21,22,23). The first-order valence-corrected chi connectivity index (χ1v) is 9.65. The molecule has 0 amide bonds. The van der Waals surface area contributed by atoms with Crippen LogP contribution in [0, 0.1) is 0 Å². The molecule has 0 aromatic heterocycles. The number of aliphatic imine (C=N–C) groups is 1. The summed E-state index contributed by atoms with van der Waals surface area (Å²) in [4.78, 5) is 7.32. The van der Waals surface area contributed by atoms with Gasteiger partial charge in [-0.05, 0) is 50.8 Å². The van der Waals surface area contributed by atoms with Gasteiger partial charge in [0.15, 0.2) is 5.96 Å². The molecule has 0 atom stereocenters. The number of methoxy groups -OCH3 is 1. The molecule has 5 heteroatoms. The van der Waals surface area contributed by atoms with Gasteiger partial charge >= 0.3 is 0 Å². The smallest absolute Gasteiger partial charge is 0.191 e. The van der Waals surface area contributed by atoms with Crippen molar-refractivity contribution in [1.82, 2.24) is 15.5 Å². The highest BCUT2D eigenvalue weighted by Gasteiger charge is 2.19. The molecule has 0 spiro atoms. The number of hydrogen-bond donors (Lipinski definition) is 2. The topological polar surface area (TPSA) is 48.9 Å².